The van der Waals surface area contributed by atoms with Crippen molar-refractivity contribution >= 4 is 29.1 Å². The molecule has 1 atom stereocenters. The molecule has 3 N–H and O–H groups in total. The highest BCUT2D eigenvalue weighted by atomic mass is 35.5. The van der Waals surface area contributed by atoms with Gasteiger partial charge in [-0.15, -0.1) is 0 Å². The monoisotopic (exact) mass is 505 g/mol. The number of aromatic nitrogens is 2. The van der Waals surface area contributed by atoms with E-state index in [0.717, 1.165) is 67.8 Å². The van der Waals surface area contributed by atoms with Crippen molar-refractivity contribution in [2.45, 2.75) is 58.2 Å². The highest BCUT2D eigenvalue weighted by molar-refractivity contribution is 6.33. The molecule has 2 amide bonds. The van der Waals surface area contributed by atoms with Gasteiger partial charge in [-0.3, -0.25) is 14.6 Å². The van der Waals surface area contributed by atoms with Crippen LogP contribution in [0.15, 0.2) is 48.7 Å². The number of rotatable bonds is 6. The SMILES string of the molecule is Cc1nccc(Cl)c1-c1ccc(NC(=O)[C@@H](NC(=O)c2ccc3n2CCNC3)C2CCCCC2)cc1. The van der Waals surface area contributed by atoms with Crippen molar-refractivity contribution < 1.29 is 9.59 Å². The molecule has 2 aliphatic rings. The second-order valence-electron chi connectivity index (χ2n) is 9.71. The van der Waals surface area contributed by atoms with Gasteiger partial charge in [0.05, 0.1) is 5.02 Å². The van der Waals surface area contributed by atoms with E-state index in [1.807, 2.05) is 47.9 Å². The third-order valence-electron chi connectivity index (χ3n) is 7.34. The van der Waals surface area contributed by atoms with E-state index in [9.17, 15) is 9.59 Å². The number of nitrogens with one attached hydrogen (secondary N) is 3. The largest absolute Gasteiger partial charge is 0.339 e. The van der Waals surface area contributed by atoms with Crippen LogP contribution in [0, 0.1) is 12.8 Å². The van der Waals surface area contributed by atoms with Gasteiger partial charge in [0.1, 0.15) is 11.7 Å². The second-order valence-corrected chi connectivity index (χ2v) is 10.1. The van der Waals surface area contributed by atoms with Gasteiger partial charge >= 0.3 is 0 Å². The summed E-state index contributed by atoms with van der Waals surface area (Å²) < 4.78 is 2.05. The van der Waals surface area contributed by atoms with E-state index >= 15 is 0 Å². The van der Waals surface area contributed by atoms with Crippen molar-refractivity contribution in [1.29, 1.82) is 0 Å². The summed E-state index contributed by atoms with van der Waals surface area (Å²) in [6.45, 7) is 4.25. The van der Waals surface area contributed by atoms with Crippen LogP contribution in [0.2, 0.25) is 5.02 Å². The van der Waals surface area contributed by atoms with Crippen molar-refractivity contribution in [2.75, 3.05) is 11.9 Å². The third kappa shape index (κ3) is 5.18. The summed E-state index contributed by atoms with van der Waals surface area (Å²) in [4.78, 5) is 31.1. The van der Waals surface area contributed by atoms with Gasteiger partial charge in [0.25, 0.3) is 5.91 Å². The second kappa shape index (κ2) is 10.8. The zero-order valence-electron chi connectivity index (χ0n) is 20.5. The summed E-state index contributed by atoms with van der Waals surface area (Å²) in [6, 6.07) is 12.6. The quantitative estimate of drug-likeness (QED) is 0.443. The number of carbonyl (C=O) groups is 2. The molecule has 0 spiro atoms. The van der Waals surface area contributed by atoms with Gasteiger partial charge in [-0.1, -0.05) is 43.0 Å². The van der Waals surface area contributed by atoms with Crippen LogP contribution in [0.3, 0.4) is 0 Å². The summed E-state index contributed by atoms with van der Waals surface area (Å²) >= 11 is 6.40. The molecule has 3 heterocycles. The van der Waals surface area contributed by atoms with Gasteiger partial charge in [-0.25, -0.2) is 0 Å². The fraction of sp³-hybridized carbons (Fsp3) is 0.393. The zero-order chi connectivity index (χ0) is 25.1. The van der Waals surface area contributed by atoms with E-state index in [0.29, 0.717) is 16.4 Å². The number of nitrogens with zero attached hydrogens (tertiary/aromatic N) is 2. The number of halogens is 1. The first-order valence-electron chi connectivity index (χ1n) is 12.7. The zero-order valence-corrected chi connectivity index (χ0v) is 21.3. The maximum absolute atomic E-state index is 13.5. The van der Waals surface area contributed by atoms with Crippen LogP contribution < -0.4 is 16.0 Å². The molecule has 0 radical (unpaired) electrons. The van der Waals surface area contributed by atoms with Crippen LogP contribution in [0.25, 0.3) is 11.1 Å². The first-order chi connectivity index (χ1) is 17.5. The number of benzene rings is 1. The number of pyridine rings is 1. The summed E-state index contributed by atoms with van der Waals surface area (Å²) in [7, 11) is 0. The maximum atomic E-state index is 13.5. The highest BCUT2D eigenvalue weighted by Crippen LogP contribution is 2.31. The van der Waals surface area contributed by atoms with Gasteiger partial charge in [0.15, 0.2) is 0 Å². The predicted octanol–water partition coefficient (Wildman–Crippen LogP) is 4.93. The third-order valence-corrected chi connectivity index (χ3v) is 7.66. The molecule has 3 aromatic rings. The Morgan fingerprint density at radius 3 is 2.61 bits per heavy atom. The molecule has 1 aliphatic carbocycles. The highest BCUT2D eigenvalue weighted by Gasteiger charge is 2.32. The normalized spacial score (nSPS) is 16.7. The molecule has 0 unspecified atom stereocenters. The standard InChI is InChI=1S/C28H32ClN5O2/c1-18-25(23(29)13-14-31-18)19-7-9-21(10-8-19)32-28(36)26(20-5-3-2-4-6-20)33-27(35)24-12-11-22-17-30-15-16-34(22)24/h7-14,20,26,30H,2-6,15-17H2,1H3,(H,32,36)(H,33,35)/t26-/m0/s1. The molecule has 36 heavy (non-hydrogen) atoms. The predicted molar refractivity (Wildman–Crippen MR) is 142 cm³/mol. The van der Waals surface area contributed by atoms with Crippen LogP contribution in [-0.4, -0.2) is 34.0 Å². The molecule has 188 valence electrons. The topological polar surface area (TPSA) is 88.1 Å². The minimum atomic E-state index is -0.583. The Bertz CT molecular complexity index is 1230. The number of hydrogen-bond acceptors (Lipinski definition) is 4. The molecule has 1 fully saturated rings. The van der Waals surface area contributed by atoms with Crippen LogP contribution in [0.1, 0.15) is 54.0 Å². The van der Waals surface area contributed by atoms with E-state index in [4.69, 9.17) is 11.6 Å². The van der Waals surface area contributed by atoms with Crippen LogP contribution >= 0.6 is 11.6 Å². The van der Waals surface area contributed by atoms with Crippen LogP contribution in [-0.2, 0) is 17.9 Å². The molecule has 7 nitrogen and oxygen atoms in total. The van der Waals surface area contributed by atoms with Gasteiger partial charge in [0.2, 0.25) is 5.91 Å². The first kappa shape index (κ1) is 24.5. The van der Waals surface area contributed by atoms with E-state index in [1.165, 1.54) is 6.42 Å². The lowest BCUT2D eigenvalue weighted by Crippen LogP contribution is -2.49. The average molecular weight is 506 g/mol. The van der Waals surface area contributed by atoms with Crippen LogP contribution in [0.4, 0.5) is 5.69 Å². The van der Waals surface area contributed by atoms with Crippen molar-refractivity contribution in [3.8, 4) is 11.1 Å². The molecular weight excluding hydrogens is 474 g/mol. The van der Waals surface area contributed by atoms with E-state index < -0.39 is 6.04 Å². The van der Waals surface area contributed by atoms with Crippen molar-refractivity contribution in [3.63, 3.8) is 0 Å². The number of carbonyl (C=O) groups excluding carboxylic acids is 2. The summed E-state index contributed by atoms with van der Waals surface area (Å²) in [5.41, 5.74) is 5.07. The average Bonchev–Trinajstić information content (AvgIpc) is 3.33. The number of hydrogen-bond donors (Lipinski definition) is 3. The number of fused-ring (bicyclic) bond motifs is 1. The Balaban J connectivity index is 1.33. The molecule has 1 saturated carbocycles. The number of aryl methyl sites for hydroxylation is 1. The summed E-state index contributed by atoms with van der Waals surface area (Å²) in [5.74, 6) is -0.243. The maximum Gasteiger partial charge on any atom is 0.268 e. The minimum Gasteiger partial charge on any atom is -0.339 e. The molecule has 5 rings (SSSR count). The Hall–Kier alpha value is -3.16. The minimum absolute atomic E-state index is 0.122. The Kier molecular flexibility index (Phi) is 7.39. The Morgan fingerprint density at radius 1 is 1.08 bits per heavy atom. The number of amides is 2. The summed E-state index contributed by atoms with van der Waals surface area (Å²) in [5, 5.41) is 10.1. The fourth-order valence-corrected chi connectivity index (χ4v) is 5.74. The molecule has 1 aliphatic heterocycles. The van der Waals surface area contributed by atoms with Gasteiger partial charge < -0.3 is 20.5 Å². The lowest BCUT2D eigenvalue weighted by atomic mass is 9.83. The number of anilines is 1. The van der Waals surface area contributed by atoms with Crippen molar-refractivity contribution in [1.82, 2.24) is 20.2 Å². The smallest absolute Gasteiger partial charge is 0.268 e. The summed E-state index contributed by atoms with van der Waals surface area (Å²) in [6.07, 6.45) is 6.90. The molecule has 8 heteroatoms. The molecule has 1 aromatic carbocycles. The molecule has 2 aromatic heterocycles. The fourth-order valence-electron chi connectivity index (χ4n) is 5.44. The van der Waals surface area contributed by atoms with E-state index in [-0.39, 0.29) is 17.7 Å². The Morgan fingerprint density at radius 2 is 1.86 bits per heavy atom. The molecule has 0 saturated heterocycles. The lowest BCUT2D eigenvalue weighted by molar-refractivity contribution is -0.119. The van der Waals surface area contributed by atoms with Crippen molar-refractivity contribution in [3.05, 3.63) is 70.8 Å². The van der Waals surface area contributed by atoms with Gasteiger partial charge in [0, 0.05) is 48.5 Å². The lowest BCUT2D eigenvalue weighted by Gasteiger charge is -2.30. The first-order valence-corrected chi connectivity index (χ1v) is 13.1. The van der Waals surface area contributed by atoms with Crippen LogP contribution in [0.5, 0.6) is 0 Å². The van der Waals surface area contributed by atoms with Gasteiger partial charge in [-0.2, -0.15) is 0 Å². The molecular formula is C28H32ClN5O2. The Labute approximate surface area is 216 Å². The van der Waals surface area contributed by atoms with Gasteiger partial charge in [-0.05, 0) is 61.6 Å². The molecule has 0 bridgehead atoms. The van der Waals surface area contributed by atoms with E-state index in [2.05, 4.69) is 20.9 Å². The van der Waals surface area contributed by atoms with E-state index in [1.54, 1.807) is 12.3 Å². The van der Waals surface area contributed by atoms with Crippen molar-refractivity contribution in [2.24, 2.45) is 5.92 Å².